The Labute approximate surface area is 163 Å². The third kappa shape index (κ3) is 3.40. The van der Waals surface area contributed by atoms with Crippen LogP contribution in [0.5, 0.6) is 0 Å². The first-order valence-corrected chi connectivity index (χ1v) is 9.00. The van der Waals surface area contributed by atoms with Gasteiger partial charge in [0.25, 0.3) is 5.78 Å². The Morgan fingerprint density at radius 2 is 1.68 bits per heavy atom. The molecule has 6 nitrogen and oxygen atoms in total. The predicted molar refractivity (Wildman–Crippen MR) is 112 cm³/mol. The van der Waals surface area contributed by atoms with Crippen LogP contribution in [-0.2, 0) is 0 Å². The summed E-state index contributed by atoms with van der Waals surface area (Å²) in [5, 5.41) is 4.70. The number of pyridine rings is 1. The van der Waals surface area contributed by atoms with Crippen molar-refractivity contribution in [2.75, 3.05) is 18.0 Å². The van der Waals surface area contributed by atoms with Crippen LogP contribution < -0.4 is 4.90 Å². The molecule has 0 saturated heterocycles. The standard InChI is InChI=1S/C22H20N6/c1-3-13-27(14-4-2)20-15-19(17-9-6-5-7-10-17)24-22-25-21(26-28(20)22)18-11-8-12-23-16-18/h3-12,15-16H,1-2,13-14H2. The van der Waals surface area contributed by atoms with Crippen molar-refractivity contribution in [2.45, 2.75) is 0 Å². The minimum Gasteiger partial charge on any atom is -0.349 e. The van der Waals surface area contributed by atoms with Crippen molar-refractivity contribution in [3.8, 4) is 22.6 Å². The van der Waals surface area contributed by atoms with E-state index in [4.69, 9.17) is 10.1 Å². The van der Waals surface area contributed by atoms with Crippen LogP contribution in [0.15, 0.2) is 86.2 Å². The highest BCUT2D eigenvalue weighted by Gasteiger charge is 2.17. The number of hydrogen-bond acceptors (Lipinski definition) is 5. The molecule has 28 heavy (non-hydrogen) atoms. The lowest BCUT2D eigenvalue weighted by atomic mass is 10.1. The molecule has 0 fully saturated rings. The zero-order chi connectivity index (χ0) is 19.3. The van der Waals surface area contributed by atoms with E-state index in [2.05, 4.69) is 28.0 Å². The molecular weight excluding hydrogens is 348 g/mol. The molecule has 0 aliphatic rings. The van der Waals surface area contributed by atoms with E-state index in [0.29, 0.717) is 24.7 Å². The molecular formula is C22H20N6. The number of benzene rings is 1. The zero-order valence-corrected chi connectivity index (χ0v) is 15.4. The number of hydrogen-bond donors (Lipinski definition) is 0. The third-order valence-corrected chi connectivity index (χ3v) is 4.31. The summed E-state index contributed by atoms with van der Waals surface area (Å²) < 4.78 is 1.77. The average molecular weight is 368 g/mol. The van der Waals surface area contributed by atoms with Crippen molar-refractivity contribution < 1.29 is 0 Å². The number of rotatable bonds is 7. The van der Waals surface area contributed by atoms with Crippen LogP contribution in [0.3, 0.4) is 0 Å². The van der Waals surface area contributed by atoms with Gasteiger partial charge in [-0.05, 0) is 12.1 Å². The first kappa shape index (κ1) is 17.6. The topological polar surface area (TPSA) is 59.2 Å². The monoisotopic (exact) mass is 368 g/mol. The summed E-state index contributed by atoms with van der Waals surface area (Å²) in [7, 11) is 0. The minimum atomic E-state index is 0.535. The molecule has 3 aromatic heterocycles. The SMILES string of the molecule is C=CCN(CC=C)c1cc(-c2ccccc2)nc2nc(-c3cccnc3)nn12. The van der Waals surface area contributed by atoms with Gasteiger partial charge in [0.05, 0.1) is 5.69 Å². The molecule has 4 rings (SSSR count). The van der Waals surface area contributed by atoms with E-state index in [0.717, 1.165) is 22.6 Å². The highest BCUT2D eigenvalue weighted by atomic mass is 15.4. The van der Waals surface area contributed by atoms with Gasteiger partial charge in [0.2, 0.25) is 0 Å². The van der Waals surface area contributed by atoms with Crippen LogP contribution in [0.4, 0.5) is 5.82 Å². The molecule has 0 aliphatic carbocycles. The van der Waals surface area contributed by atoms with Gasteiger partial charge in [-0.2, -0.15) is 9.50 Å². The number of nitrogens with zero attached hydrogens (tertiary/aromatic N) is 6. The van der Waals surface area contributed by atoms with Crippen LogP contribution in [0, 0.1) is 0 Å². The fraction of sp³-hybridized carbons (Fsp3) is 0.0909. The van der Waals surface area contributed by atoms with Crippen LogP contribution in [0.25, 0.3) is 28.4 Å². The first-order valence-electron chi connectivity index (χ1n) is 9.00. The molecule has 0 unspecified atom stereocenters. The quantitative estimate of drug-likeness (QED) is 0.461. The molecule has 0 atom stereocenters. The maximum absolute atomic E-state index is 4.75. The molecule has 1 aromatic carbocycles. The molecule has 0 aliphatic heterocycles. The van der Waals surface area contributed by atoms with Crippen molar-refractivity contribution in [2.24, 2.45) is 0 Å². The Kier molecular flexibility index (Phi) is 4.93. The molecule has 4 aromatic rings. The molecule has 0 saturated carbocycles. The van der Waals surface area contributed by atoms with Gasteiger partial charge in [0.15, 0.2) is 5.82 Å². The largest absolute Gasteiger partial charge is 0.349 e. The molecule has 0 N–H and O–H groups in total. The van der Waals surface area contributed by atoms with E-state index < -0.39 is 0 Å². The third-order valence-electron chi connectivity index (χ3n) is 4.31. The van der Waals surface area contributed by atoms with Gasteiger partial charge in [-0.15, -0.1) is 18.3 Å². The highest BCUT2D eigenvalue weighted by molar-refractivity contribution is 5.67. The summed E-state index contributed by atoms with van der Waals surface area (Å²) in [6.45, 7) is 9.06. The normalized spacial score (nSPS) is 10.7. The number of anilines is 1. The molecule has 0 amide bonds. The highest BCUT2D eigenvalue weighted by Crippen LogP contribution is 2.25. The summed E-state index contributed by atoms with van der Waals surface area (Å²) in [6, 6.07) is 15.9. The summed E-state index contributed by atoms with van der Waals surface area (Å²) in [4.78, 5) is 15.7. The van der Waals surface area contributed by atoms with Crippen molar-refractivity contribution in [1.82, 2.24) is 24.6 Å². The summed E-state index contributed by atoms with van der Waals surface area (Å²) in [6.07, 6.45) is 7.19. The lowest BCUT2D eigenvalue weighted by Gasteiger charge is -2.22. The molecule has 0 radical (unpaired) electrons. The van der Waals surface area contributed by atoms with Crippen molar-refractivity contribution in [3.05, 3.63) is 86.2 Å². The summed E-state index contributed by atoms with van der Waals surface area (Å²) in [5.74, 6) is 2.00. The molecule has 6 heteroatoms. The Hall–Kier alpha value is -3.80. The zero-order valence-electron chi connectivity index (χ0n) is 15.4. The van der Waals surface area contributed by atoms with E-state index in [-0.39, 0.29) is 0 Å². The van der Waals surface area contributed by atoms with E-state index in [9.17, 15) is 0 Å². The Bertz CT molecular complexity index is 1090. The number of aromatic nitrogens is 5. The van der Waals surface area contributed by atoms with Crippen LogP contribution >= 0.6 is 0 Å². The number of fused-ring (bicyclic) bond motifs is 1. The van der Waals surface area contributed by atoms with Crippen molar-refractivity contribution >= 4 is 11.6 Å². The summed E-state index contributed by atoms with van der Waals surface area (Å²) >= 11 is 0. The van der Waals surface area contributed by atoms with Gasteiger partial charge in [0.1, 0.15) is 5.82 Å². The van der Waals surface area contributed by atoms with E-state index in [1.165, 1.54) is 0 Å². The van der Waals surface area contributed by atoms with Crippen LogP contribution in [0.2, 0.25) is 0 Å². The maximum Gasteiger partial charge on any atom is 0.255 e. The average Bonchev–Trinajstić information content (AvgIpc) is 3.18. The van der Waals surface area contributed by atoms with Crippen molar-refractivity contribution in [3.63, 3.8) is 0 Å². The van der Waals surface area contributed by atoms with Gasteiger partial charge in [-0.1, -0.05) is 42.5 Å². The summed E-state index contributed by atoms with van der Waals surface area (Å²) in [5.41, 5.74) is 2.71. The maximum atomic E-state index is 4.75. The lowest BCUT2D eigenvalue weighted by molar-refractivity contribution is 0.848. The molecule has 138 valence electrons. The first-order chi connectivity index (χ1) is 13.8. The second-order valence-electron chi connectivity index (χ2n) is 6.24. The molecule has 0 bridgehead atoms. The van der Waals surface area contributed by atoms with E-state index in [1.54, 1.807) is 16.9 Å². The minimum absolute atomic E-state index is 0.535. The second kappa shape index (κ2) is 7.84. The molecule has 3 heterocycles. The van der Waals surface area contributed by atoms with Gasteiger partial charge in [-0.3, -0.25) is 4.98 Å². The fourth-order valence-corrected chi connectivity index (χ4v) is 3.03. The van der Waals surface area contributed by atoms with E-state index in [1.807, 2.05) is 60.7 Å². The predicted octanol–water partition coefficient (Wildman–Crippen LogP) is 4.03. The van der Waals surface area contributed by atoms with Crippen LogP contribution in [-0.4, -0.2) is 37.7 Å². The second-order valence-corrected chi connectivity index (χ2v) is 6.24. The Morgan fingerprint density at radius 1 is 0.929 bits per heavy atom. The smallest absolute Gasteiger partial charge is 0.255 e. The Balaban J connectivity index is 1.93. The van der Waals surface area contributed by atoms with E-state index >= 15 is 0 Å². The van der Waals surface area contributed by atoms with Gasteiger partial charge < -0.3 is 4.90 Å². The Morgan fingerprint density at radius 3 is 2.36 bits per heavy atom. The molecule has 0 spiro atoms. The van der Waals surface area contributed by atoms with Gasteiger partial charge in [-0.25, -0.2) is 4.98 Å². The van der Waals surface area contributed by atoms with Gasteiger partial charge in [0, 0.05) is 42.7 Å². The van der Waals surface area contributed by atoms with Crippen LogP contribution in [0.1, 0.15) is 0 Å². The van der Waals surface area contributed by atoms with Crippen molar-refractivity contribution in [1.29, 1.82) is 0 Å². The lowest BCUT2D eigenvalue weighted by Crippen LogP contribution is -2.26. The van der Waals surface area contributed by atoms with Gasteiger partial charge >= 0.3 is 0 Å². The fourth-order valence-electron chi connectivity index (χ4n) is 3.03.